The lowest BCUT2D eigenvalue weighted by Gasteiger charge is -2.30. The first-order valence-electron chi connectivity index (χ1n) is 9.12. The molecule has 5 nitrogen and oxygen atoms in total. The molecule has 9 heteroatoms. The van der Waals surface area contributed by atoms with Gasteiger partial charge in [0.25, 0.3) is 5.60 Å². The molecule has 2 aromatic rings. The minimum Gasteiger partial charge on any atom is -0.374 e. The summed E-state index contributed by atoms with van der Waals surface area (Å²) in [7, 11) is 3.28. The molecule has 0 radical (unpaired) electrons. The molecule has 1 aliphatic rings. The van der Waals surface area contributed by atoms with Crippen molar-refractivity contribution in [3.8, 4) is 0 Å². The first-order chi connectivity index (χ1) is 13.9. The number of nitrogens with zero attached hydrogens (tertiary/aromatic N) is 3. The van der Waals surface area contributed by atoms with Crippen LogP contribution in [0, 0.1) is 6.92 Å². The molecule has 0 saturated carbocycles. The minimum absolute atomic E-state index is 0.0941. The van der Waals surface area contributed by atoms with Crippen LogP contribution in [0.5, 0.6) is 0 Å². The summed E-state index contributed by atoms with van der Waals surface area (Å²) < 4.78 is 42.5. The molecule has 0 aromatic heterocycles. The van der Waals surface area contributed by atoms with E-state index in [9.17, 15) is 18.0 Å². The number of amides is 1. The van der Waals surface area contributed by atoms with Crippen molar-refractivity contribution in [2.45, 2.75) is 32.0 Å². The fourth-order valence-corrected chi connectivity index (χ4v) is 3.59. The summed E-state index contributed by atoms with van der Waals surface area (Å²) >= 11 is 6.01. The number of hydrazine groups is 1. The second-order valence-corrected chi connectivity index (χ2v) is 7.70. The molecule has 0 aliphatic carbocycles. The van der Waals surface area contributed by atoms with Crippen molar-refractivity contribution in [2.75, 3.05) is 19.1 Å². The Balaban J connectivity index is 1.97. The van der Waals surface area contributed by atoms with Gasteiger partial charge in [0, 0.05) is 43.6 Å². The van der Waals surface area contributed by atoms with Crippen LogP contribution in [0.4, 0.5) is 18.9 Å². The zero-order valence-corrected chi connectivity index (χ0v) is 17.7. The Kier molecular flexibility index (Phi) is 5.73. The second-order valence-electron chi connectivity index (χ2n) is 7.26. The van der Waals surface area contributed by atoms with E-state index in [0.717, 1.165) is 0 Å². The molecule has 1 unspecified atom stereocenters. The van der Waals surface area contributed by atoms with Gasteiger partial charge >= 0.3 is 6.18 Å². The quantitative estimate of drug-likeness (QED) is 0.625. The summed E-state index contributed by atoms with van der Waals surface area (Å²) in [6.07, 6.45) is -5.20. The van der Waals surface area contributed by atoms with Crippen LogP contribution in [0.1, 0.15) is 30.0 Å². The molecule has 0 saturated heterocycles. The van der Waals surface area contributed by atoms with E-state index in [1.54, 1.807) is 56.4 Å². The molecule has 3 rings (SSSR count). The molecule has 1 amide bonds. The van der Waals surface area contributed by atoms with Crippen LogP contribution in [-0.4, -0.2) is 36.9 Å². The molecule has 0 bridgehead atoms. The maximum Gasteiger partial charge on any atom is 0.435 e. The normalized spacial score (nSPS) is 18.6. The Hall–Kier alpha value is -2.74. The highest BCUT2D eigenvalue weighted by Gasteiger charge is 2.62. The van der Waals surface area contributed by atoms with E-state index in [0.29, 0.717) is 16.8 Å². The monoisotopic (exact) mass is 439 g/mol. The SMILES string of the molecule is CC(=O)N(C)N(C)c1cccc(C2=NOC(c3cc(C)cc(Cl)c3)(C(F)(F)F)C2)c1. The van der Waals surface area contributed by atoms with E-state index < -0.39 is 18.2 Å². The molecule has 1 heterocycles. The molecule has 0 spiro atoms. The number of rotatable bonds is 4. The fraction of sp³-hybridized carbons (Fsp3) is 0.333. The highest BCUT2D eigenvalue weighted by atomic mass is 35.5. The molecule has 1 aliphatic heterocycles. The molecular weight excluding hydrogens is 419 g/mol. The van der Waals surface area contributed by atoms with Crippen molar-refractivity contribution >= 4 is 28.9 Å². The van der Waals surface area contributed by atoms with Gasteiger partial charge in [0.1, 0.15) is 0 Å². The summed E-state index contributed by atoms with van der Waals surface area (Å²) in [5.74, 6) is -0.183. The maximum absolute atomic E-state index is 14.2. The molecular formula is C21H21ClF3N3O2. The molecule has 0 fully saturated rings. The smallest absolute Gasteiger partial charge is 0.374 e. The minimum atomic E-state index is -4.71. The van der Waals surface area contributed by atoms with Gasteiger partial charge in [0.15, 0.2) is 0 Å². The van der Waals surface area contributed by atoms with E-state index >= 15 is 0 Å². The zero-order valence-electron chi connectivity index (χ0n) is 16.9. The van der Waals surface area contributed by atoms with Gasteiger partial charge in [-0.3, -0.25) is 14.8 Å². The van der Waals surface area contributed by atoms with Gasteiger partial charge < -0.3 is 4.84 Å². The summed E-state index contributed by atoms with van der Waals surface area (Å²) in [6.45, 7) is 3.08. The van der Waals surface area contributed by atoms with Crippen molar-refractivity contribution in [3.05, 3.63) is 64.2 Å². The number of carbonyl (C=O) groups excluding carboxylic acids is 1. The Bertz CT molecular complexity index is 989. The average molecular weight is 440 g/mol. The van der Waals surface area contributed by atoms with Gasteiger partial charge in [-0.1, -0.05) is 35.0 Å². The van der Waals surface area contributed by atoms with Gasteiger partial charge in [0.2, 0.25) is 5.91 Å². The third kappa shape index (κ3) is 3.96. The standard InChI is InChI=1S/C21H21ClF3N3O2/c1-13-8-16(11-17(22)9-13)20(21(23,24)25)12-19(26-30-20)15-6-5-7-18(10-15)28(4)27(3)14(2)29/h5-11H,12H2,1-4H3. The lowest BCUT2D eigenvalue weighted by molar-refractivity contribution is -0.275. The average Bonchev–Trinajstić information content (AvgIpc) is 3.13. The number of hydrogen-bond donors (Lipinski definition) is 0. The Morgan fingerprint density at radius 1 is 1.20 bits per heavy atom. The van der Waals surface area contributed by atoms with E-state index in [-0.39, 0.29) is 22.2 Å². The number of hydrogen-bond acceptors (Lipinski definition) is 4. The van der Waals surface area contributed by atoms with Crippen LogP contribution in [0.25, 0.3) is 0 Å². The van der Waals surface area contributed by atoms with Gasteiger partial charge in [-0.2, -0.15) is 13.2 Å². The number of benzene rings is 2. The number of anilines is 1. The van der Waals surface area contributed by atoms with Crippen molar-refractivity contribution in [3.63, 3.8) is 0 Å². The van der Waals surface area contributed by atoms with Gasteiger partial charge in [-0.15, -0.1) is 0 Å². The van der Waals surface area contributed by atoms with Crippen LogP contribution >= 0.6 is 11.6 Å². The first-order valence-corrected chi connectivity index (χ1v) is 9.50. The number of halogens is 4. The summed E-state index contributed by atoms with van der Waals surface area (Å²) in [5.41, 5.74) is -0.865. The topological polar surface area (TPSA) is 45.1 Å². The summed E-state index contributed by atoms with van der Waals surface area (Å²) in [6, 6.07) is 11.0. The first kappa shape index (κ1) is 22.0. The van der Waals surface area contributed by atoms with Crippen LogP contribution in [0.3, 0.4) is 0 Å². The van der Waals surface area contributed by atoms with Crippen molar-refractivity contribution in [2.24, 2.45) is 5.16 Å². The zero-order chi connectivity index (χ0) is 22.3. The molecule has 160 valence electrons. The largest absolute Gasteiger partial charge is 0.435 e. The van der Waals surface area contributed by atoms with E-state index in [2.05, 4.69) is 5.16 Å². The summed E-state index contributed by atoms with van der Waals surface area (Å²) in [4.78, 5) is 16.7. The van der Waals surface area contributed by atoms with Crippen molar-refractivity contribution in [1.82, 2.24) is 5.01 Å². The maximum atomic E-state index is 14.2. The molecule has 0 N–H and O–H groups in total. The lowest BCUT2D eigenvalue weighted by Crippen LogP contribution is -2.42. The molecule has 1 atom stereocenters. The van der Waals surface area contributed by atoms with Crippen LogP contribution in [0.2, 0.25) is 5.02 Å². The van der Waals surface area contributed by atoms with E-state index in [1.165, 1.54) is 24.1 Å². The van der Waals surface area contributed by atoms with E-state index in [4.69, 9.17) is 16.4 Å². The predicted molar refractivity (Wildman–Crippen MR) is 109 cm³/mol. The highest BCUT2D eigenvalue weighted by molar-refractivity contribution is 6.30. The van der Waals surface area contributed by atoms with Gasteiger partial charge in [-0.05, 0) is 36.8 Å². The fourth-order valence-electron chi connectivity index (χ4n) is 3.30. The van der Waals surface area contributed by atoms with E-state index in [1.807, 2.05) is 0 Å². The Labute approximate surface area is 177 Å². The number of alkyl halides is 3. The van der Waals surface area contributed by atoms with Gasteiger partial charge in [0.05, 0.1) is 11.4 Å². The lowest BCUT2D eigenvalue weighted by atomic mass is 9.86. The van der Waals surface area contributed by atoms with Crippen LogP contribution in [-0.2, 0) is 15.2 Å². The number of carbonyl (C=O) groups is 1. The molecule has 2 aromatic carbocycles. The predicted octanol–water partition coefficient (Wildman–Crippen LogP) is 5.06. The van der Waals surface area contributed by atoms with Crippen molar-refractivity contribution < 1.29 is 22.8 Å². The molecule has 30 heavy (non-hydrogen) atoms. The summed E-state index contributed by atoms with van der Waals surface area (Å²) in [5, 5.41) is 6.98. The van der Waals surface area contributed by atoms with Crippen molar-refractivity contribution in [1.29, 1.82) is 0 Å². The second kappa shape index (κ2) is 7.83. The van der Waals surface area contributed by atoms with Crippen LogP contribution in [0.15, 0.2) is 47.6 Å². The third-order valence-electron chi connectivity index (χ3n) is 5.15. The Morgan fingerprint density at radius 3 is 2.50 bits per heavy atom. The van der Waals surface area contributed by atoms with Gasteiger partial charge in [-0.25, -0.2) is 0 Å². The number of aryl methyl sites for hydroxylation is 1. The Morgan fingerprint density at radius 2 is 1.90 bits per heavy atom. The van der Waals surface area contributed by atoms with Crippen LogP contribution < -0.4 is 5.01 Å². The number of oxime groups is 1. The highest BCUT2D eigenvalue weighted by Crippen LogP contribution is 2.49. The third-order valence-corrected chi connectivity index (χ3v) is 5.37.